The fourth-order valence-corrected chi connectivity index (χ4v) is 5.78. The number of hydrogen-bond donors (Lipinski definition) is 0. The van der Waals surface area contributed by atoms with Gasteiger partial charge in [-0.3, -0.25) is 0 Å². The van der Waals surface area contributed by atoms with Crippen molar-refractivity contribution < 1.29 is 39.0 Å². The third-order valence-corrected chi connectivity index (χ3v) is 7.55. The van der Waals surface area contributed by atoms with E-state index in [2.05, 4.69) is 25.3 Å². The van der Waals surface area contributed by atoms with Crippen molar-refractivity contribution in [3.63, 3.8) is 0 Å². The van der Waals surface area contributed by atoms with Crippen LogP contribution >= 0.6 is 8.03 Å². The zero-order valence-corrected chi connectivity index (χ0v) is 13.7. The molecule has 1 rings (SSSR count). The quantitative estimate of drug-likeness (QED) is 0.494. The van der Waals surface area contributed by atoms with E-state index in [9.17, 15) is 9.46 Å². The van der Waals surface area contributed by atoms with Crippen molar-refractivity contribution in [1.82, 2.24) is 0 Å². The molecule has 5 heteroatoms. The number of hydrogen-bond acceptors (Lipinski definition) is 2. The number of rotatable bonds is 5. The van der Waals surface area contributed by atoms with Crippen LogP contribution in [0.25, 0.3) is 0 Å². The molecule has 0 fully saturated rings. The molecular weight excluding hydrogens is 246 g/mol. The van der Waals surface area contributed by atoms with Crippen molar-refractivity contribution in [2.24, 2.45) is 0 Å². The van der Waals surface area contributed by atoms with Gasteiger partial charge < -0.3 is 4.89 Å². The molecule has 0 aromatic heterocycles. The Morgan fingerprint density at radius 1 is 1.44 bits per heavy atom. The maximum Gasteiger partial charge on any atom is 1.00 e. The molecule has 2 nitrogen and oxygen atoms in total. The molecular formula is C11H15NaO2PSi+. The minimum atomic E-state index is -2.27. The molecule has 0 aliphatic heterocycles. The summed E-state index contributed by atoms with van der Waals surface area (Å²) in [6.07, 6.45) is 0.263. The molecule has 0 bridgehead atoms. The summed E-state index contributed by atoms with van der Waals surface area (Å²) in [6.45, 7) is 6.00. The average molecular weight is 261 g/mol. The Hall–Kier alpha value is 0.237. The first-order chi connectivity index (χ1) is 7.08. The summed E-state index contributed by atoms with van der Waals surface area (Å²) in [5, 5.41) is 1.25. The van der Waals surface area contributed by atoms with E-state index in [1.165, 1.54) is 5.19 Å². The third kappa shape index (κ3) is 4.62. The summed E-state index contributed by atoms with van der Waals surface area (Å²) in [6, 6.07) is 10.8. The Kier molecular flexibility index (Phi) is 7.65. The van der Waals surface area contributed by atoms with Gasteiger partial charge in [0.2, 0.25) is 0 Å². The minimum absolute atomic E-state index is 0. The van der Waals surface area contributed by atoms with Gasteiger partial charge in [0.25, 0.3) is 0 Å². The van der Waals surface area contributed by atoms with Crippen LogP contribution in [0.2, 0.25) is 12.6 Å². The fourth-order valence-electron chi connectivity index (χ4n) is 1.51. The van der Waals surface area contributed by atoms with E-state index in [0.29, 0.717) is 0 Å². The van der Waals surface area contributed by atoms with E-state index in [1.807, 2.05) is 23.9 Å². The number of benzene rings is 1. The Balaban J connectivity index is 0.00000225. The summed E-state index contributed by atoms with van der Waals surface area (Å²) < 4.78 is 10.6. The van der Waals surface area contributed by atoms with Gasteiger partial charge in [0.15, 0.2) is 0 Å². The van der Waals surface area contributed by atoms with Crippen LogP contribution in [0.15, 0.2) is 42.6 Å². The van der Waals surface area contributed by atoms with Crippen LogP contribution in [0.4, 0.5) is 0 Å². The maximum absolute atomic E-state index is 10.6. The van der Waals surface area contributed by atoms with Crippen LogP contribution in [0.5, 0.6) is 0 Å². The van der Waals surface area contributed by atoms with Crippen LogP contribution in [0.3, 0.4) is 0 Å². The molecule has 0 saturated heterocycles. The largest absolute Gasteiger partial charge is 1.00 e. The summed E-state index contributed by atoms with van der Waals surface area (Å²) in [5.41, 5.74) is 1.96. The third-order valence-electron chi connectivity index (χ3n) is 2.70. The van der Waals surface area contributed by atoms with Gasteiger partial charge in [0.05, 0.1) is 0 Å². The zero-order valence-electron chi connectivity index (χ0n) is 9.85. The standard InChI is InChI=1S/C11H15O2PSi.Na/c1-3-15(2,10-9-14(12)13)11-7-5-4-6-8-11;/h3-8H,1,9-10H2,2H3;/q;+1. The molecule has 1 aromatic carbocycles. The molecule has 80 valence electrons. The Bertz CT molecular complexity index is 358. The molecule has 16 heavy (non-hydrogen) atoms. The van der Waals surface area contributed by atoms with Gasteiger partial charge in [-0.25, -0.2) is 0 Å². The summed E-state index contributed by atoms with van der Waals surface area (Å²) in [4.78, 5) is 10.6. The van der Waals surface area contributed by atoms with Gasteiger partial charge in [-0.1, -0.05) is 52.3 Å². The van der Waals surface area contributed by atoms with Gasteiger partial charge in [0.1, 0.15) is 14.2 Å². The van der Waals surface area contributed by atoms with Crippen molar-refractivity contribution in [3.05, 3.63) is 42.6 Å². The zero-order chi connectivity index (χ0) is 11.3. The predicted octanol–water partition coefficient (Wildman–Crippen LogP) is -1.20. The van der Waals surface area contributed by atoms with Crippen molar-refractivity contribution in [2.45, 2.75) is 12.6 Å². The summed E-state index contributed by atoms with van der Waals surface area (Å²) >= 11 is 0. The van der Waals surface area contributed by atoms with E-state index >= 15 is 0 Å². The van der Waals surface area contributed by atoms with Gasteiger partial charge in [-0.15, -0.1) is 6.58 Å². The first kappa shape index (κ1) is 16.2. The Labute approximate surface area is 121 Å². The van der Waals surface area contributed by atoms with E-state index in [1.54, 1.807) is 0 Å². The molecule has 0 spiro atoms. The minimum Gasteiger partial charge on any atom is -0.596 e. The first-order valence-electron chi connectivity index (χ1n) is 4.89. The SMILES string of the molecule is C=C[Si](C)(CC[P+](=O)[O-])c1ccccc1.[Na+]. The second-order valence-electron chi connectivity index (χ2n) is 3.79. The van der Waals surface area contributed by atoms with Crippen LogP contribution in [0.1, 0.15) is 0 Å². The Morgan fingerprint density at radius 2 is 2.00 bits per heavy atom. The van der Waals surface area contributed by atoms with Crippen LogP contribution in [-0.2, 0) is 4.57 Å². The molecule has 0 amide bonds. The second kappa shape index (κ2) is 7.54. The fraction of sp³-hybridized carbons (Fsp3) is 0.273. The van der Waals surface area contributed by atoms with Crippen LogP contribution < -0.4 is 39.6 Å². The summed E-state index contributed by atoms with van der Waals surface area (Å²) in [7, 11) is -4.06. The molecule has 0 aliphatic carbocycles. The molecule has 0 aliphatic rings. The van der Waals surface area contributed by atoms with E-state index in [-0.39, 0.29) is 35.7 Å². The Morgan fingerprint density at radius 3 is 2.44 bits per heavy atom. The molecule has 0 saturated carbocycles. The van der Waals surface area contributed by atoms with E-state index in [4.69, 9.17) is 0 Å². The van der Waals surface area contributed by atoms with Gasteiger partial charge >= 0.3 is 37.6 Å². The summed E-state index contributed by atoms with van der Waals surface area (Å²) in [5.74, 6) is 0. The van der Waals surface area contributed by atoms with Crippen molar-refractivity contribution in [3.8, 4) is 0 Å². The van der Waals surface area contributed by atoms with Gasteiger partial charge in [-0.05, 0) is 6.04 Å². The topological polar surface area (TPSA) is 40.1 Å². The second-order valence-corrected chi connectivity index (χ2v) is 9.23. The van der Waals surface area contributed by atoms with Crippen molar-refractivity contribution >= 4 is 21.3 Å². The van der Waals surface area contributed by atoms with Crippen LogP contribution in [0, 0.1) is 0 Å². The monoisotopic (exact) mass is 261 g/mol. The molecule has 2 atom stereocenters. The van der Waals surface area contributed by atoms with E-state index in [0.717, 1.165) is 6.04 Å². The molecule has 2 unspecified atom stereocenters. The molecule has 0 N–H and O–H groups in total. The first-order valence-corrected chi connectivity index (χ1v) is 9.04. The van der Waals surface area contributed by atoms with Gasteiger partial charge in [0, 0.05) is 0 Å². The molecule has 0 heterocycles. The van der Waals surface area contributed by atoms with Crippen molar-refractivity contribution in [2.75, 3.05) is 6.16 Å². The van der Waals surface area contributed by atoms with Crippen molar-refractivity contribution in [1.29, 1.82) is 0 Å². The predicted molar refractivity (Wildman–Crippen MR) is 65.2 cm³/mol. The average Bonchev–Trinajstić information content (AvgIpc) is 2.27. The maximum atomic E-state index is 10.6. The van der Waals surface area contributed by atoms with Crippen LogP contribution in [-0.4, -0.2) is 14.2 Å². The van der Waals surface area contributed by atoms with Gasteiger partial charge in [-0.2, -0.15) is 0 Å². The molecule has 0 radical (unpaired) electrons. The smallest absolute Gasteiger partial charge is 0.596 e. The normalized spacial score (nSPS) is 14.5. The molecule has 1 aromatic rings. The van der Waals surface area contributed by atoms with E-state index < -0.39 is 16.1 Å².